The van der Waals surface area contributed by atoms with Crippen molar-refractivity contribution in [2.45, 2.75) is 33.1 Å². The highest BCUT2D eigenvalue weighted by Gasteiger charge is 1.93. The van der Waals surface area contributed by atoms with E-state index in [-0.39, 0.29) is 0 Å². The Balaban J connectivity index is 2.87. The number of hydrogen-bond acceptors (Lipinski definition) is 3. The first-order valence-corrected chi connectivity index (χ1v) is 6.04. The topological polar surface area (TPSA) is 30.5 Å². The van der Waals surface area contributed by atoms with Crippen molar-refractivity contribution in [3.05, 3.63) is 0 Å². The highest BCUT2D eigenvalue weighted by atomic mass is 16.5. The molecule has 0 rings (SSSR count). The van der Waals surface area contributed by atoms with E-state index in [9.17, 15) is 0 Å². The van der Waals surface area contributed by atoms with E-state index in [0.29, 0.717) is 6.61 Å². The minimum absolute atomic E-state index is 0.701. The second-order valence-electron chi connectivity index (χ2n) is 4.24. The maximum Gasteiger partial charge on any atom is 0.0700 e. The number of unbranched alkanes of at least 4 members (excludes halogenated alkanes) is 1. The van der Waals surface area contributed by atoms with Crippen LogP contribution < -0.4 is 5.32 Å². The fourth-order valence-corrected chi connectivity index (χ4v) is 1.21. The summed E-state index contributed by atoms with van der Waals surface area (Å²) >= 11 is 0. The minimum atomic E-state index is 0.701. The van der Waals surface area contributed by atoms with Crippen LogP contribution in [0.2, 0.25) is 0 Å². The van der Waals surface area contributed by atoms with Crippen molar-refractivity contribution in [2.24, 2.45) is 5.92 Å². The van der Waals surface area contributed by atoms with Gasteiger partial charge in [0.05, 0.1) is 13.2 Å². The first kappa shape index (κ1) is 14.9. The van der Waals surface area contributed by atoms with E-state index in [1.165, 1.54) is 12.8 Å². The average Bonchev–Trinajstić information content (AvgIpc) is 2.20. The van der Waals surface area contributed by atoms with E-state index in [4.69, 9.17) is 9.47 Å². The molecule has 0 atom stereocenters. The summed E-state index contributed by atoms with van der Waals surface area (Å²) in [6, 6.07) is 0. The molecule has 0 aliphatic heterocycles. The van der Waals surface area contributed by atoms with Gasteiger partial charge in [-0.05, 0) is 38.3 Å². The maximum atomic E-state index is 5.37. The van der Waals surface area contributed by atoms with Gasteiger partial charge in [-0.15, -0.1) is 0 Å². The number of rotatable bonds is 11. The molecule has 1 N–H and O–H groups in total. The molecule has 0 fully saturated rings. The van der Waals surface area contributed by atoms with Gasteiger partial charge in [-0.2, -0.15) is 0 Å². The lowest BCUT2D eigenvalue weighted by Crippen LogP contribution is -2.18. The average molecular weight is 217 g/mol. The lowest BCUT2D eigenvalue weighted by molar-refractivity contribution is 0.0688. The molecule has 92 valence electrons. The molecule has 0 aliphatic carbocycles. The number of hydrogen-bond donors (Lipinski definition) is 1. The lowest BCUT2D eigenvalue weighted by Gasteiger charge is -2.07. The monoisotopic (exact) mass is 217 g/mol. The summed E-state index contributed by atoms with van der Waals surface area (Å²) in [7, 11) is 1.70. The van der Waals surface area contributed by atoms with Gasteiger partial charge in [0, 0.05) is 13.7 Å². The van der Waals surface area contributed by atoms with Gasteiger partial charge in [-0.25, -0.2) is 0 Å². The van der Waals surface area contributed by atoms with Crippen molar-refractivity contribution < 1.29 is 9.47 Å². The fourth-order valence-electron chi connectivity index (χ4n) is 1.21. The molecule has 0 aliphatic rings. The van der Waals surface area contributed by atoms with Crippen molar-refractivity contribution in [3.8, 4) is 0 Å². The van der Waals surface area contributed by atoms with Crippen LogP contribution in [0.4, 0.5) is 0 Å². The molecule has 0 radical (unpaired) electrons. The second-order valence-corrected chi connectivity index (χ2v) is 4.24. The molecule has 0 bridgehead atoms. The van der Waals surface area contributed by atoms with E-state index in [1.807, 2.05) is 0 Å². The van der Waals surface area contributed by atoms with Crippen LogP contribution in [-0.2, 0) is 9.47 Å². The number of nitrogens with one attached hydrogen (secondary N) is 1. The predicted molar refractivity (Wildman–Crippen MR) is 64.3 cm³/mol. The Morgan fingerprint density at radius 1 is 1.00 bits per heavy atom. The van der Waals surface area contributed by atoms with E-state index < -0.39 is 0 Å². The molecule has 3 nitrogen and oxygen atoms in total. The molecule has 0 aromatic heterocycles. The fraction of sp³-hybridized carbons (Fsp3) is 1.00. The van der Waals surface area contributed by atoms with E-state index in [0.717, 1.165) is 38.6 Å². The van der Waals surface area contributed by atoms with Crippen LogP contribution >= 0.6 is 0 Å². The summed E-state index contributed by atoms with van der Waals surface area (Å²) in [6.45, 7) is 9.04. The van der Waals surface area contributed by atoms with Crippen LogP contribution in [0.5, 0.6) is 0 Å². The van der Waals surface area contributed by atoms with Crippen molar-refractivity contribution in [3.63, 3.8) is 0 Å². The Bertz CT molecular complexity index is 118. The highest BCUT2D eigenvalue weighted by molar-refractivity contribution is 4.51. The van der Waals surface area contributed by atoms with Crippen LogP contribution in [0.3, 0.4) is 0 Å². The molecule has 3 heteroatoms. The molecule has 0 amide bonds. The molecule has 15 heavy (non-hydrogen) atoms. The largest absolute Gasteiger partial charge is 0.382 e. The molecule has 0 saturated heterocycles. The van der Waals surface area contributed by atoms with Gasteiger partial charge in [0.1, 0.15) is 0 Å². The van der Waals surface area contributed by atoms with Crippen LogP contribution in [0.1, 0.15) is 33.1 Å². The molecular weight excluding hydrogens is 190 g/mol. The second kappa shape index (κ2) is 12.0. The van der Waals surface area contributed by atoms with Gasteiger partial charge in [-0.1, -0.05) is 13.8 Å². The first-order valence-electron chi connectivity index (χ1n) is 6.04. The SMILES string of the molecule is COCCOCCCCNCCC(C)C. The molecule has 0 saturated carbocycles. The summed E-state index contributed by atoms with van der Waals surface area (Å²) in [5.74, 6) is 0.801. The summed E-state index contributed by atoms with van der Waals surface area (Å²) < 4.78 is 10.3. The summed E-state index contributed by atoms with van der Waals surface area (Å²) in [5, 5.41) is 3.44. The van der Waals surface area contributed by atoms with Crippen LogP contribution in [0.15, 0.2) is 0 Å². The van der Waals surface area contributed by atoms with Crippen molar-refractivity contribution >= 4 is 0 Å². The van der Waals surface area contributed by atoms with Crippen molar-refractivity contribution in [1.82, 2.24) is 5.32 Å². The Labute approximate surface area is 94.5 Å². The van der Waals surface area contributed by atoms with Gasteiger partial charge < -0.3 is 14.8 Å². The van der Waals surface area contributed by atoms with Crippen molar-refractivity contribution in [2.75, 3.05) is 40.0 Å². The first-order chi connectivity index (χ1) is 7.27. The Hall–Kier alpha value is -0.120. The van der Waals surface area contributed by atoms with Gasteiger partial charge in [0.25, 0.3) is 0 Å². The zero-order chi connectivity index (χ0) is 11.4. The standard InChI is InChI=1S/C12H27NO2/c1-12(2)6-8-13-7-4-5-9-15-11-10-14-3/h12-13H,4-11H2,1-3H3. The Kier molecular flexibility index (Phi) is 11.9. The molecule has 0 unspecified atom stereocenters. The Morgan fingerprint density at radius 2 is 1.80 bits per heavy atom. The van der Waals surface area contributed by atoms with Crippen LogP contribution in [0, 0.1) is 5.92 Å². The molecule has 0 spiro atoms. The van der Waals surface area contributed by atoms with E-state index in [1.54, 1.807) is 7.11 Å². The molecule has 0 heterocycles. The zero-order valence-corrected chi connectivity index (χ0v) is 10.6. The molecular formula is C12H27NO2. The van der Waals surface area contributed by atoms with Gasteiger partial charge in [-0.3, -0.25) is 0 Å². The highest BCUT2D eigenvalue weighted by Crippen LogP contribution is 1.96. The van der Waals surface area contributed by atoms with E-state index in [2.05, 4.69) is 19.2 Å². The van der Waals surface area contributed by atoms with Gasteiger partial charge >= 0.3 is 0 Å². The zero-order valence-electron chi connectivity index (χ0n) is 10.6. The molecule has 0 aromatic rings. The van der Waals surface area contributed by atoms with Crippen LogP contribution in [-0.4, -0.2) is 40.0 Å². The quantitative estimate of drug-likeness (QED) is 0.537. The third-order valence-corrected chi connectivity index (χ3v) is 2.22. The maximum absolute atomic E-state index is 5.37. The summed E-state index contributed by atoms with van der Waals surface area (Å²) in [4.78, 5) is 0. The van der Waals surface area contributed by atoms with Gasteiger partial charge in [0.2, 0.25) is 0 Å². The molecule has 0 aromatic carbocycles. The lowest BCUT2D eigenvalue weighted by atomic mass is 10.1. The third-order valence-electron chi connectivity index (χ3n) is 2.22. The minimum Gasteiger partial charge on any atom is -0.382 e. The number of methoxy groups -OCH3 is 1. The normalized spacial score (nSPS) is 11.2. The summed E-state index contributed by atoms with van der Waals surface area (Å²) in [6.07, 6.45) is 3.60. The van der Waals surface area contributed by atoms with Crippen molar-refractivity contribution in [1.29, 1.82) is 0 Å². The van der Waals surface area contributed by atoms with E-state index >= 15 is 0 Å². The summed E-state index contributed by atoms with van der Waals surface area (Å²) in [5.41, 5.74) is 0. The smallest absolute Gasteiger partial charge is 0.0700 e. The third kappa shape index (κ3) is 13.9. The number of ether oxygens (including phenoxy) is 2. The Morgan fingerprint density at radius 3 is 2.47 bits per heavy atom. The van der Waals surface area contributed by atoms with Gasteiger partial charge in [0.15, 0.2) is 0 Å². The van der Waals surface area contributed by atoms with Crippen LogP contribution in [0.25, 0.3) is 0 Å². The predicted octanol–water partition coefficient (Wildman–Crippen LogP) is 2.07.